The fraction of sp³-hybridized carbons (Fsp3) is 0.846. The first kappa shape index (κ1) is 15.7. The van der Waals surface area contributed by atoms with Crippen molar-refractivity contribution in [3.63, 3.8) is 0 Å². The van der Waals surface area contributed by atoms with Gasteiger partial charge in [-0.1, -0.05) is 18.0 Å². The maximum absolute atomic E-state index is 5.79. The molecule has 1 saturated carbocycles. The standard InChI is InChI=1S/C13H22N4O2.ClH/c1-17-7-6-14-8-11(17)13-15-12(19-16-13)9-18-10-4-2-3-5-10;/h10-11,14H,2-9H2,1H3;1H. The van der Waals surface area contributed by atoms with E-state index < -0.39 is 0 Å². The van der Waals surface area contributed by atoms with Crippen molar-refractivity contribution in [1.29, 1.82) is 0 Å². The van der Waals surface area contributed by atoms with Gasteiger partial charge in [0.15, 0.2) is 5.82 Å². The lowest BCUT2D eigenvalue weighted by atomic mass is 10.2. The Morgan fingerprint density at radius 2 is 2.20 bits per heavy atom. The quantitative estimate of drug-likeness (QED) is 0.910. The smallest absolute Gasteiger partial charge is 0.252 e. The lowest BCUT2D eigenvalue weighted by molar-refractivity contribution is 0.0305. The van der Waals surface area contributed by atoms with Crippen LogP contribution in [0.3, 0.4) is 0 Å². The van der Waals surface area contributed by atoms with E-state index in [0.29, 0.717) is 18.6 Å². The predicted octanol–water partition coefficient (Wildman–Crippen LogP) is 1.53. The first-order valence-corrected chi connectivity index (χ1v) is 7.18. The van der Waals surface area contributed by atoms with Gasteiger partial charge in [-0.3, -0.25) is 4.90 Å². The molecule has 2 heterocycles. The second kappa shape index (κ2) is 7.36. The molecule has 20 heavy (non-hydrogen) atoms. The summed E-state index contributed by atoms with van der Waals surface area (Å²) < 4.78 is 11.1. The second-order valence-corrected chi connectivity index (χ2v) is 5.46. The van der Waals surface area contributed by atoms with Gasteiger partial charge in [-0.25, -0.2) is 0 Å². The SMILES string of the molecule is CN1CCNCC1c1noc(COC2CCCC2)n1.Cl. The first-order chi connectivity index (χ1) is 9.33. The van der Waals surface area contributed by atoms with Crippen LogP contribution in [0.15, 0.2) is 4.52 Å². The van der Waals surface area contributed by atoms with Gasteiger partial charge in [-0.15, -0.1) is 12.4 Å². The summed E-state index contributed by atoms with van der Waals surface area (Å²) in [6.45, 7) is 3.34. The van der Waals surface area contributed by atoms with Gasteiger partial charge in [0.25, 0.3) is 5.89 Å². The fourth-order valence-electron chi connectivity index (χ4n) is 2.80. The molecule has 1 aliphatic carbocycles. The molecular weight excluding hydrogens is 280 g/mol. The van der Waals surface area contributed by atoms with E-state index in [0.717, 1.165) is 38.3 Å². The summed E-state index contributed by atoms with van der Waals surface area (Å²) in [5.41, 5.74) is 0. The molecule has 0 radical (unpaired) electrons. The van der Waals surface area contributed by atoms with E-state index in [1.165, 1.54) is 12.8 Å². The summed E-state index contributed by atoms with van der Waals surface area (Å²) in [7, 11) is 2.09. The fourth-order valence-corrected chi connectivity index (χ4v) is 2.80. The number of likely N-dealkylation sites (N-methyl/N-ethyl adjacent to an activating group) is 1. The Labute approximate surface area is 125 Å². The van der Waals surface area contributed by atoms with Crippen molar-refractivity contribution in [1.82, 2.24) is 20.4 Å². The molecule has 1 aliphatic heterocycles. The first-order valence-electron chi connectivity index (χ1n) is 7.18. The molecule has 6 nitrogen and oxygen atoms in total. The molecule has 1 aromatic heterocycles. The zero-order chi connectivity index (χ0) is 13.1. The molecule has 0 bridgehead atoms. The highest BCUT2D eigenvalue weighted by Gasteiger charge is 2.25. The average molecular weight is 303 g/mol. The molecule has 0 spiro atoms. The number of aromatic nitrogens is 2. The molecule has 7 heteroatoms. The largest absolute Gasteiger partial charge is 0.368 e. The van der Waals surface area contributed by atoms with Crippen LogP contribution in [-0.2, 0) is 11.3 Å². The van der Waals surface area contributed by atoms with Gasteiger partial charge < -0.3 is 14.6 Å². The van der Waals surface area contributed by atoms with Crippen LogP contribution in [0.4, 0.5) is 0 Å². The number of hydrogen-bond acceptors (Lipinski definition) is 6. The van der Waals surface area contributed by atoms with Crippen LogP contribution in [0.25, 0.3) is 0 Å². The summed E-state index contributed by atoms with van der Waals surface area (Å²) >= 11 is 0. The molecule has 0 amide bonds. The number of halogens is 1. The van der Waals surface area contributed by atoms with Crippen molar-refractivity contribution in [2.45, 2.75) is 44.4 Å². The molecular formula is C13H23ClN4O2. The normalized spacial score (nSPS) is 24.8. The van der Waals surface area contributed by atoms with Crippen LogP contribution in [0.1, 0.15) is 43.4 Å². The third-order valence-electron chi connectivity index (χ3n) is 4.04. The highest BCUT2D eigenvalue weighted by atomic mass is 35.5. The van der Waals surface area contributed by atoms with Gasteiger partial charge in [0.05, 0.1) is 12.1 Å². The summed E-state index contributed by atoms with van der Waals surface area (Å²) in [5, 5.41) is 7.44. The number of nitrogens with one attached hydrogen (secondary N) is 1. The van der Waals surface area contributed by atoms with Gasteiger partial charge in [0.1, 0.15) is 6.61 Å². The molecule has 2 aliphatic rings. The maximum atomic E-state index is 5.79. The topological polar surface area (TPSA) is 63.4 Å². The van der Waals surface area contributed by atoms with Crippen LogP contribution >= 0.6 is 12.4 Å². The molecule has 1 N–H and O–H groups in total. The van der Waals surface area contributed by atoms with E-state index in [1.54, 1.807) is 0 Å². The predicted molar refractivity (Wildman–Crippen MR) is 76.8 cm³/mol. The molecule has 0 aromatic carbocycles. The molecule has 1 atom stereocenters. The minimum Gasteiger partial charge on any atom is -0.368 e. The van der Waals surface area contributed by atoms with Gasteiger partial charge in [0, 0.05) is 19.6 Å². The maximum Gasteiger partial charge on any atom is 0.252 e. The number of ether oxygens (including phenoxy) is 1. The third kappa shape index (κ3) is 3.69. The summed E-state index contributed by atoms with van der Waals surface area (Å²) in [6.07, 6.45) is 5.26. The van der Waals surface area contributed by atoms with Crippen LogP contribution < -0.4 is 5.32 Å². The van der Waals surface area contributed by atoms with Gasteiger partial charge in [0.2, 0.25) is 0 Å². The molecule has 1 saturated heterocycles. The second-order valence-electron chi connectivity index (χ2n) is 5.46. The number of hydrogen-bond donors (Lipinski definition) is 1. The third-order valence-corrected chi connectivity index (χ3v) is 4.04. The van der Waals surface area contributed by atoms with Crippen LogP contribution in [-0.4, -0.2) is 47.8 Å². The van der Waals surface area contributed by atoms with Gasteiger partial charge >= 0.3 is 0 Å². The molecule has 1 aromatic rings. The summed E-state index contributed by atoms with van der Waals surface area (Å²) in [4.78, 5) is 6.71. The van der Waals surface area contributed by atoms with E-state index in [-0.39, 0.29) is 18.4 Å². The lowest BCUT2D eigenvalue weighted by Gasteiger charge is -2.30. The Balaban J connectivity index is 0.00000147. The minimum atomic E-state index is 0. The number of rotatable bonds is 4. The Bertz CT molecular complexity index is 409. The van der Waals surface area contributed by atoms with Crippen molar-refractivity contribution in [3.8, 4) is 0 Å². The molecule has 114 valence electrons. The number of nitrogens with zero attached hydrogens (tertiary/aromatic N) is 3. The summed E-state index contributed by atoms with van der Waals surface area (Å²) in [5.74, 6) is 1.36. The number of piperazine rings is 1. The van der Waals surface area contributed by atoms with Crippen molar-refractivity contribution >= 4 is 12.4 Å². The highest BCUT2D eigenvalue weighted by Crippen LogP contribution is 2.22. The van der Waals surface area contributed by atoms with Gasteiger partial charge in [-0.2, -0.15) is 4.98 Å². The summed E-state index contributed by atoms with van der Waals surface area (Å²) in [6, 6.07) is 0.206. The van der Waals surface area contributed by atoms with E-state index in [9.17, 15) is 0 Å². The molecule has 2 fully saturated rings. The minimum absolute atomic E-state index is 0. The van der Waals surface area contributed by atoms with E-state index in [4.69, 9.17) is 9.26 Å². The molecule has 3 rings (SSSR count). The van der Waals surface area contributed by atoms with E-state index in [2.05, 4.69) is 27.4 Å². The molecule has 1 unspecified atom stereocenters. The van der Waals surface area contributed by atoms with Crippen LogP contribution in [0, 0.1) is 0 Å². The zero-order valence-electron chi connectivity index (χ0n) is 11.9. The van der Waals surface area contributed by atoms with E-state index >= 15 is 0 Å². The van der Waals surface area contributed by atoms with Crippen molar-refractivity contribution in [3.05, 3.63) is 11.7 Å². The van der Waals surface area contributed by atoms with Crippen molar-refractivity contribution in [2.75, 3.05) is 26.7 Å². The Morgan fingerprint density at radius 1 is 1.40 bits per heavy atom. The van der Waals surface area contributed by atoms with Crippen molar-refractivity contribution in [2.24, 2.45) is 0 Å². The Hall–Kier alpha value is -0.690. The zero-order valence-corrected chi connectivity index (χ0v) is 12.7. The highest BCUT2D eigenvalue weighted by molar-refractivity contribution is 5.85. The van der Waals surface area contributed by atoms with Gasteiger partial charge in [-0.05, 0) is 19.9 Å². The monoisotopic (exact) mass is 302 g/mol. The van der Waals surface area contributed by atoms with Crippen LogP contribution in [0.5, 0.6) is 0 Å². The van der Waals surface area contributed by atoms with Crippen molar-refractivity contribution < 1.29 is 9.26 Å². The average Bonchev–Trinajstić information content (AvgIpc) is 3.08. The lowest BCUT2D eigenvalue weighted by Crippen LogP contribution is -2.44. The van der Waals surface area contributed by atoms with Crippen LogP contribution in [0.2, 0.25) is 0 Å². The Kier molecular flexibility index (Phi) is 5.77. The van der Waals surface area contributed by atoms with E-state index in [1.807, 2.05) is 0 Å². The Morgan fingerprint density at radius 3 is 2.95 bits per heavy atom.